The first kappa shape index (κ1) is 27.5. The highest BCUT2D eigenvalue weighted by molar-refractivity contribution is 5.61. The molecule has 35 heavy (non-hydrogen) atoms. The highest BCUT2D eigenvalue weighted by Gasteiger charge is 2.25. The van der Waals surface area contributed by atoms with Crippen LogP contribution in [0.1, 0.15) is 116 Å². The molecular weight excluding hydrogens is 432 g/mol. The number of unbranched alkanes of at least 4 members (excludes halogenated alkanes) is 7. The van der Waals surface area contributed by atoms with Gasteiger partial charge in [-0.15, -0.1) is 0 Å². The molecule has 1 aromatic carbocycles. The number of ether oxygens (including phenoxy) is 2. The minimum atomic E-state index is 0.340. The molecule has 3 rings (SSSR count). The Morgan fingerprint density at radius 2 is 1.51 bits per heavy atom. The Kier molecular flexibility index (Phi) is 12.4. The number of hydrogen-bond acceptors (Lipinski definition) is 4. The van der Waals surface area contributed by atoms with Crippen LogP contribution in [0.25, 0.3) is 11.4 Å². The van der Waals surface area contributed by atoms with Gasteiger partial charge in [-0.2, -0.15) is 0 Å². The fraction of sp³-hybridized carbons (Fsp3) is 0.677. The van der Waals surface area contributed by atoms with E-state index >= 15 is 0 Å². The predicted molar refractivity (Wildman–Crippen MR) is 146 cm³/mol. The van der Waals surface area contributed by atoms with Gasteiger partial charge in [0.25, 0.3) is 0 Å². The SMILES string of the molecule is CCCCCCCCCC(Oc1ccc(-c2ncc(OCCCC)cn2)c(C)c1)C1CCCCC1. The van der Waals surface area contributed by atoms with Crippen molar-refractivity contribution in [1.82, 2.24) is 9.97 Å². The second-order valence-corrected chi connectivity index (χ2v) is 10.4. The summed E-state index contributed by atoms with van der Waals surface area (Å²) in [7, 11) is 0. The largest absolute Gasteiger partial charge is 0.490 e. The fourth-order valence-corrected chi connectivity index (χ4v) is 5.20. The molecule has 0 spiro atoms. The van der Waals surface area contributed by atoms with Crippen LogP contribution in [0.2, 0.25) is 0 Å². The van der Waals surface area contributed by atoms with Crippen molar-refractivity contribution in [3.63, 3.8) is 0 Å². The molecule has 2 aromatic rings. The summed E-state index contributed by atoms with van der Waals surface area (Å²) in [5, 5.41) is 0. The van der Waals surface area contributed by atoms with Gasteiger partial charge in [-0.05, 0) is 68.7 Å². The third kappa shape index (κ3) is 9.46. The average Bonchev–Trinajstić information content (AvgIpc) is 2.89. The molecule has 0 aliphatic heterocycles. The van der Waals surface area contributed by atoms with Gasteiger partial charge in [-0.3, -0.25) is 0 Å². The minimum absolute atomic E-state index is 0.340. The smallest absolute Gasteiger partial charge is 0.159 e. The lowest BCUT2D eigenvalue weighted by Crippen LogP contribution is -2.29. The molecule has 0 saturated heterocycles. The van der Waals surface area contributed by atoms with Gasteiger partial charge in [0, 0.05) is 5.56 Å². The predicted octanol–water partition coefficient (Wildman–Crippen LogP) is 9.10. The second kappa shape index (κ2) is 15.8. The Morgan fingerprint density at radius 3 is 2.20 bits per heavy atom. The van der Waals surface area contributed by atoms with Gasteiger partial charge in [-0.1, -0.05) is 78.1 Å². The van der Waals surface area contributed by atoms with Crippen molar-refractivity contribution in [2.45, 2.75) is 123 Å². The van der Waals surface area contributed by atoms with Crippen LogP contribution in [-0.2, 0) is 0 Å². The Labute approximate surface area is 214 Å². The lowest BCUT2D eigenvalue weighted by Gasteiger charge is -2.31. The van der Waals surface area contributed by atoms with Crippen LogP contribution < -0.4 is 9.47 Å². The van der Waals surface area contributed by atoms with E-state index in [4.69, 9.17) is 9.47 Å². The fourth-order valence-electron chi connectivity index (χ4n) is 5.20. The summed E-state index contributed by atoms with van der Waals surface area (Å²) >= 11 is 0. The molecule has 1 aliphatic rings. The van der Waals surface area contributed by atoms with Crippen molar-refractivity contribution in [3.05, 3.63) is 36.2 Å². The van der Waals surface area contributed by atoms with Gasteiger partial charge in [0.2, 0.25) is 0 Å². The molecule has 0 N–H and O–H groups in total. The van der Waals surface area contributed by atoms with Crippen molar-refractivity contribution in [3.8, 4) is 22.9 Å². The normalized spacial score (nSPS) is 15.2. The Balaban J connectivity index is 1.58. The van der Waals surface area contributed by atoms with E-state index in [0.29, 0.717) is 18.6 Å². The molecule has 0 amide bonds. The maximum absolute atomic E-state index is 6.68. The highest BCUT2D eigenvalue weighted by atomic mass is 16.5. The summed E-state index contributed by atoms with van der Waals surface area (Å²) in [6, 6.07) is 6.39. The van der Waals surface area contributed by atoms with Gasteiger partial charge in [-0.25, -0.2) is 9.97 Å². The van der Waals surface area contributed by atoms with E-state index in [1.54, 1.807) is 12.4 Å². The molecule has 194 valence electrons. The number of nitrogens with zero attached hydrogens (tertiary/aromatic N) is 2. The maximum Gasteiger partial charge on any atom is 0.159 e. The number of aryl methyl sites for hydroxylation is 1. The number of rotatable bonds is 16. The third-order valence-electron chi connectivity index (χ3n) is 7.39. The van der Waals surface area contributed by atoms with Crippen LogP contribution in [0.4, 0.5) is 0 Å². The van der Waals surface area contributed by atoms with Crippen molar-refractivity contribution < 1.29 is 9.47 Å². The molecule has 4 nitrogen and oxygen atoms in total. The first-order valence-electron chi connectivity index (χ1n) is 14.4. The van der Waals surface area contributed by atoms with E-state index in [9.17, 15) is 0 Å². The summed E-state index contributed by atoms with van der Waals surface area (Å²) in [4.78, 5) is 9.10. The number of benzene rings is 1. The summed E-state index contributed by atoms with van der Waals surface area (Å²) in [6.07, 6.45) is 23.4. The Hall–Kier alpha value is -2.10. The second-order valence-electron chi connectivity index (χ2n) is 10.4. The molecule has 1 saturated carbocycles. The van der Waals surface area contributed by atoms with Gasteiger partial charge < -0.3 is 9.47 Å². The van der Waals surface area contributed by atoms with E-state index in [-0.39, 0.29) is 0 Å². The lowest BCUT2D eigenvalue weighted by molar-refractivity contribution is 0.0968. The van der Waals surface area contributed by atoms with Crippen molar-refractivity contribution in [1.29, 1.82) is 0 Å². The van der Waals surface area contributed by atoms with Crippen molar-refractivity contribution in [2.24, 2.45) is 5.92 Å². The van der Waals surface area contributed by atoms with Gasteiger partial charge in [0.1, 0.15) is 11.9 Å². The quantitative estimate of drug-likeness (QED) is 0.225. The highest BCUT2D eigenvalue weighted by Crippen LogP contribution is 2.33. The summed E-state index contributed by atoms with van der Waals surface area (Å²) in [5.74, 6) is 3.17. The van der Waals surface area contributed by atoms with E-state index < -0.39 is 0 Å². The van der Waals surface area contributed by atoms with Crippen LogP contribution in [0.5, 0.6) is 11.5 Å². The Morgan fingerprint density at radius 1 is 0.829 bits per heavy atom. The zero-order valence-corrected chi connectivity index (χ0v) is 22.6. The maximum atomic E-state index is 6.68. The molecule has 1 unspecified atom stereocenters. The molecule has 1 heterocycles. The zero-order chi connectivity index (χ0) is 24.7. The van der Waals surface area contributed by atoms with Crippen LogP contribution in [-0.4, -0.2) is 22.7 Å². The molecule has 0 radical (unpaired) electrons. The lowest BCUT2D eigenvalue weighted by atomic mass is 9.83. The first-order chi connectivity index (χ1) is 17.2. The van der Waals surface area contributed by atoms with E-state index in [2.05, 4.69) is 48.9 Å². The van der Waals surface area contributed by atoms with Gasteiger partial charge in [0.15, 0.2) is 11.6 Å². The van der Waals surface area contributed by atoms with Crippen LogP contribution >= 0.6 is 0 Å². The number of aromatic nitrogens is 2. The van der Waals surface area contributed by atoms with Crippen molar-refractivity contribution in [2.75, 3.05) is 6.61 Å². The van der Waals surface area contributed by atoms with E-state index in [1.165, 1.54) is 83.5 Å². The first-order valence-corrected chi connectivity index (χ1v) is 14.4. The summed E-state index contributed by atoms with van der Waals surface area (Å²) < 4.78 is 12.4. The third-order valence-corrected chi connectivity index (χ3v) is 7.39. The molecule has 4 heteroatoms. The average molecular weight is 481 g/mol. The molecule has 0 bridgehead atoms. The standard InChI is InChI=1S/C31H48N2O2/c1-4-6-8-9-10-11-15-18-30(26-16-13-12-14-17-26)35-27-19-20-29(25(3)22-27)31-32-23-28(24-33-31)34-21-7-5-2/h19-20,22-24,26,30H,4-18,21H2,1-3H3. The molecule has 1 atom stereocenters. The number of hydrogen-bond donors (Lipinski definition) is 0. The summed E-state index contributed by atoms with van der Waals surface area (Å²) in [6.45, 7) is 7.29. The minimum Gasteiger partial charge on any atom is -0.490 e. The van der Waals surface area contributed by atoms with Gasteiger partial charge >= 0.3 is 0 Å². The monoisotopic (exact) mass is 480 g/mol. The zero-order valence-electron chi connectivity index (χ0n) is 22.6. The van der Waals surface area contributed by atoms with Crippen LogP contribution in [0.15, 0.2) is 30.6 Å². The van der Waals surface area contributed by atoms with Crippen LogP contribution in [0.3, 0.4) is 0 Å². The molecular formula is C31H48N2O2. The van der Waals surface area contributed by atoms with Crippen LogP contribution in [0, 0.1) is 12.8 Å². The van der Waals surface area contributed by atoms with E-state index in [1.807, 2.05) is 0 Å². The van der Waals surface area contributed by atoms with E-state index in [0.717, 1.165) is 41.3 Å². The summed E-state index contributed by atoms with van der Waals surface area (Å²) in [5.41, 5.74) is 2.21. The topological polar surface area (TPSA) is 44.2 Å². The Bertz CT molecular complexity index is 830. The van der Waals surface area contributed by atoms with Crippen molar-refractivity contribution >= 4 is 0 Å². The molecule has 1 aliphatic carbocycles. The van der Waals surface area contributed by atoms with Gasteiger partial charge in [0.05, 0.1) is 19.0 Å². The molecule has 1 fully saturated rings. The molecule has 1 aromatic heterocycles.